The highest BCUT2D eigenvalue weighted by Crippen LogP contribution is 2.31. The van der Waals surface area contributed by atoms with Gasteiger partial charge in [0.15, 0.2) is 0 Å². The minimum absolute atomic E-state index is 0.795. The van der Waals surface area contributed by atoms with Crippen LogP contribution in [0.5, 0.6) is 0 Å². The normalized spacial score (nSPS) is 27.3. The van der Waals surface area contributed by atoms with Crippen molar-refractivity contribution < 1.29 is 4.74 Å². The molecule has 2 aliphatic rings. The van der Waals surface area contributed by atoms with Gasteiger partial charge in [-0.3, -0.25) is 4.90 Å². The van der Waals surface area contributed by atoms with Gasteiger partial charge in [0.2, 0.25) is 0 Å². The Morgan fingerprint density at radius 3 is 2.68 bits per heavy atom. The van der Waals surface area contributed by atoms with Crippen molar-refractivity contribution >= 4 is 0 Å². The molecule has 0 aromatic heterocycles. The molecule has 3 heteroatoms. The molecule has 112 valence electrons. The summed E-state index contributed by atoms with van der Waals surface area (Å²) >= 11 is 0. The summed E-state index contributed by atoms with van der Waals surface area (Å²) in [5.41, 5.74) is 0. The van der Waals surface area contributed by atoms with E-state index in [2.05, 4.69) is 17.1 Å². The van der Waals surface area contributed by atoms with Gasteiger partial charge < -0.3 is 10.1 Å². The van der Waals surface area contributed by atoms with E-state index in [1.54, 1.807) is 0 Å². The quantitative estimate of drug-likeness (QED) is 0.659. The van der Waals surface area contributed by atoms with E-state index in [4.69, 9.17) is 4.74 Å². The Hall–Kier alpha value is -0.120. The third-order valence-corrected chi connectivity index (χ3v) is 4.75. The molecule has 3 nitrogen and oxygen atoms in total. The second-order valence-electron chi connectivity index (χ2n) is 6.30. The van der Waals surface area contributed by atoms with Gasteiger partial charge in [-0.25, -0.2) is 0 Å². The number of hydrogen-bond acceptors (Lipinski definition) is 3. The maximum absolute atomic E-state index is 5.24. The van der Waals surface area contributed by atoms with Crippen molar-refractivity contribution in [3.8, 4) is 0 Å². The van der Waals surface area contributed by atoms with Crippen LogP contribution in [0.1, 0.15) is 51.9 Å². The van der Waals surface area contributed by atoms with E-state index in [0.29, 0.717) is 0 Å². The molecule has 0 amide bonds. The molecule has 0 spiro atoms. The predicted octanol–water partition coefficient (Wildman–Crippen LogP) is 2.66. The van der Waals surface area contributed by atoms with Gasteiger partial charge >= 0.3 is 0 Å². The van der Waals surface area contributed by atoms with Gasteiger partial charge in [-0.15, -0.1) is 0 Å². The highest BCUT2D eigenvalue weighted by atomic mass is 16.5. The fourth-order valence-corrected chi connectivity index (χ4v) is 3.44. The van der Waals surface area contributed by atoms with Crippen LogP contribution in [-0.4, -0.2) is 50.3 Å². The lowest BCUT2D eigenvalue weighted by molar-refractivity contribution is 0.137. The van der Waals surface area contributed by atoms with Crippen LogP contribution in [0.15, 0.2) is 0 Å². The largest absolute Gasteiger partial charge is 0.383 e. The van der Waals surface area contributed by atoms with E-state index in [1.807, 2.05) is 7.11 Å². The number of ether oxygens (including phenoxy) is 1. The number of nitrogens with zero attached hydrogens (tertiary/aromatic N) is 1. The molecule has 1 N–H and O–H groups in total. The van der Waals surface area contributed by atoms with E-state index in [1.165, 1.54) is 58.0 Å². The second-order valence-corrected chi connectivity index (χ2v) is 6.30. The second kappa shape index (κ2) is 8.23. The molecule has 0 bridgehead atoms. The number of methoxy groups -OCH3 is 1. The molecule has 0 aromatic rings. The van der Waals surface area contributed by atoms with Crippen LogP contribution in [0.4, 0.5) is 0 Å². The van der Waals surface area contributed by atoms with Gasteiger partial charge in [0.1, 0.15) is 0 Å². The molecule has 2 rings (SSSR count). The van der Waals surface area contributed by atoms with Crippen LogP contribution >= 0.6 is 0 Å². The monoisotopic (exact) mass is 268 g/mol. The number of hydrogen-bond donors (Lipinski definition) is 1. The van der Waals surface area contributed by atoms with Gasteiger partial charge in [-0.1, -0.05) is 13.3 Å². The van der Waals surface area contributed by atoms with Crippen molar-refractivity contribution in [3.63, 3.8) is 0 Å². The summed E-state index contributed by atoms with van der Waals surface area (Å²) in [7, 11) is 1.81. The van der Waals surface area contributed by atoms with Crippen molar-refractivity contribution in [3.05, 3.63) is 0 Å². The summed E-state index contributed by atoms with van der Waals surface area (Å²) in [5, 5.41) is 3.75. The maximum Gasteiger partial charge on any atom is 0.0589 e. The summed E-state index contributed by atoms with van der Waals surface area (Å²) in [4.78, 5) is 2.67. The molecule has 0 saturated heterocycles. The summed E-state index contributed by atoms with van der Waals surface area (Å²) in [6.07, 6.45) is 9.70. The molecule has 0 aromatic carbocycles. The SMILES string of the molecule is CCCNC1CCCC1CCN(CCOC)C1CC1. The first kappa shape index (κ1) is 15.3. The smallest absolute Gasteiger partial charge is 0.0589 e. The third kappa shape index (κ3) is 5.05. The molecule has 19 heavy (non-hydrogen) atoms. The van der Waals surface area contributed by atoms with Crippen LogP contribution < -0.4 is 5.32 Å². The highest BCUT2D eigenvalue weighted by molar-refractivity contribution is 4.87. The van der Waals surface area contributed by atoms with Gasteiger partial charge in [0, 0.05) is 25.7 Å². The van der Waals surface area contributed by atoms with Gasteiger partial charge in [0.25, 0.3) is 0 Å². The topological polar surface area (TPSA) is 24.5 Å². The molecule has 2 unspecified atom stereocenters. The number of nitrogens with one attached hydrogen (secondary N) is 1. The Labute approximate surface area is 119 Å². The zero-order valence-electron chi connectivity index (χ0n) is 12.9. The lowest BCUT2D eigenvalue weighted by Gasteiger charge is -2.26. The zero-order valence-corrected chi connectivity index (χ0v) is 12.9. The lowest BCUT2D eigenvalue weighted by Crippen LogP contribution is -2.36. The average Bonchev–Trinajstić information content (AvgIpc) is 3.17. The first-order valence-electron chi connectivity index (χ1n) is 8.31. The summed E-state index contributed by atoms with van der Waals surface area (Å²) in [6.45, 7) is 6.75. The fraction of sp³-hybridized carbons (Fsp3) is 1.00. The molecule has 0 radical (unpaired) electrons. The Morgan fingerprint density at radius 1 is 1.16 bits per heavy atom. The third-order valence-electron chi connectivity index (χ3n) is 4.75. The van der Waals surface area contributed by atoms with E-state index >= 15 is 0 Å². The van der Waals surface area contributed by atoms with Crippen LogP contribution in [0.25, 0.3) is 0 Å². The Kier molecular flexibility index (Phi) is 6.62. The van der Waals surface area contributed by atoms with E-state index < -0.39 is 0 Å². The van der Waals surface area contributed by atoms with Crippen LogP contribution in [-0.2, 0) is 4.74 Å². The van der Waals surface area contributed by atoms with Gasteiger partial charge in [-0.2, -0.15) is 0 Å². The molecule has 0 heterocycles. The van der Waals surface area contributed by atoms with Crippen molar-refractivity contribution in [2.45, 2.75) is 64.0 Å². The number of rotatable bonds is 10. The minimum atomic E-state index is 0.795. The first-order chi connectivity index (χ1) is 9.35. The van der Waals surface area contributed by atoms with Crippen molar-refractivity contribution in [1.29, 1.82) is 0 Å². The summed E-state index contributed by atoms with van der Waals surface area (Å²) in [5.74, 6) is 0.912. The maximum atomic E-state index is 5.24. The highest BCUT2D eigenvalue weighted by Gasteiger charge is 2.31. The van der Waals surface area contributed by atoms with Crippen LogP contribution in [0, 0.1) is 5.92 Å². The Bertz CT molecular complexity index is 243. The van der Waals surface area contributed by atoms with Gasteiger partial charge in [0.05, 0.1) is 6.61 Å². The molecule has 2 fully saturated rings. The fourth-order valence-electron chi connectivity index (χ4n) is 3.44. The van der Waals surface area contributed by atoms with Crippen LogP contribution in [0.2, 0.25) is 0 Å². The molecule has 2 atom stereocenters. The van der Waals surface area contributed by atoms with Gasteiger partial charge in [-0.05, 0) is 57.5 Å². The summed E-state index contributed by atoms with van der Waals surface area (Å²) in [6, 6.07) is 1.67. The molecular formula is C16H32N2O. The van der Waals surface area contributed by atoms with E-state index in [9.17, 15) is 0 Å². The molecular weight excluding hydrogens is 236 g/mol. The van der Waals surface area contributed by atoms with E-state index in [0.717, 1.165) is 31.2 Å². The Morgan fingerprint density at radius 2 is 2.00 bits per heavy atom. The standard InChI is InChI=1S/C16H32N2O/c1-3-10-17-16-6-4-5-14(16)9-11-18(12-13-19-2)15-7-8-15/h14-17H,3-13H2,1-2H3. The molecule has 2 saturated carbocycles. The minimum Gasteiger partial charge on any atom is -0.383 e. The first-order valence-corrected chi connectivity index (χ1v) is 8.31. The van der Waals surface area contributed by atoms with Crippen molar-refractivity contribution in [1.82, 2.24) is 10.2 Å². The predicted molar refractivity (Wildman–Crippen MR) is 80.5 cm³/mol. The van der Waals surface area contributed by atoms with Crippen molar-refractivity contribution in [2.75, 3.05) is 33.4 Å². The zero-order chi connectivity index (χ0) is 13.5. The summed E-state index contributed by atoms with van der Waals surface area (Å²) < 4.78 is 5.24. The average molecular weight is 268 g/mol. The molecule has 2 aliphatic carbocycles. The Balaban J connectivity index is 1.69. The lowest BCUT2D eigenvalue weighted by atomic mass is 9.99. The molecule has 0 aliphatic heterocycles. The van der Waals surface area contributed by atoms with E-state index in [-0.39, 0.29) is 0 Å². The van der Waals surface area contributed by atoms with Crippen molar-refractivity contribution in [2.24, 2.45) is 5.92 Å². The van der Waals surface area contributed by atoms with Crippen LogP contribution in [0.3, 0.4) is 0 Å².